The second-order valence-electron chi connectivity index (χ2n) is 5.58. The lowest BCUT2D eigenvalue weighted by molar-refractivity contribution is 1.34. The first kappa shape index (κ1) is 13.6. The predicted octanol–water partition coefficient (Wildman–Crippen LogP) is 4.51. The molecule has 3 aromatic rings. The molecule has 0 bridgehead atoms. The van der Waals surface area contributed by atoms with E-state index in [1.54, 1.807) is 6.33 Å². The second kappa shape index (κ2) is 5.52. The summed E-state index contributed by atoms with van der Waals surface area (Å²) in [6.07, 6.45) is 2.75. The Hall–Kier alpha value is -2.42. The van der Waals surface area contributed by atoms with Crippen LogP contribution in [0.5, 0.6) is 0 Å². The lowest BCUT2D eigenvalue weighted by Crippen LogP contribution is -1.88. The van der Waals surface area contributed by atoms with Crippen LogP contribution in [-0.2, 0) is 6.42 Å². The third kappa shape index (κ3) is 3.02. The Morgan fingerprint density at radius 2 is 1.71 bits per heavy atom. The van der Waals surface area contributed by atoms with Crippen molar-refractivity contribution in [2.45, 2.75) is 27.2 Å². The summed E-state index contributed by atoms with van der Waals surface area (Å²) in [4.78, 5) is 11.6. The summed E-state index contributed by atoms with van der Waals surface area (Å²) >= 11 is 0. The highest BCUT2D eigenvalue weighted by Crippen LogP contribution is 2.26. The van der Waals surface area contributed by atoms with E-state index < -0.39 is 0 Å². The van der Waals surface area contributed by atoms with E-state index in [0.29, 0.717) is 0 Å². The van der Waals surface area contributed by atoms with Crippen molar-refractivity contribution in [3.05, 3.63) is 59.4 Å². The van der Waals surface area contributed by atoms with E-state index >= 15 is 0 Å². The van der Waals surface area contributed by atoms with Crippen LogP contribution in [-0.4, -0.2) is 15.7 Å². The first-order chi connectivity index (χ1) is 10.1. The Kier molecular flexibility index (Phi) is 3.57. The number of hydrogen-bond acceptors (Lipinski definition) is 2. The van der Waals surface area contributed by atoms with Gasteiger partial charge in [0.25, 0.3) is 0 Å². The Bertz CT molecular complexity index is 812. The van der Waals surface area contributed by atoms with Crippen molar-refractivity contribution in [3.8, 4) is 0 Å². The minimum absolute atomic E-state index is 1.03. The van der Waals surface area contributed by atoms with E-state index in [1.807, 2.05) is 6.07 Å². The van der Waals surface area contributed by atoms with Crippen LogP contribution in [0.3, 0.4) is 0 Å². The van der Waals surface area contributed by atoms with Crippen LogP contribution in [0.4, 0.5) is 5.69 Å². The van der Waals surface area contributed by atoms with E-state index in [9.17, 15) is 0 Å². The van der Waals surface area contributed by atoms with Gasteiger partial charge in [-0.25, -0.2) is 4.98 Å². The fraction of sp³-hybridized carbons (Fsp3) is 0.222. The normalized spacial score (nSPS) is 12.6. The van der Waals surface area contributed by atoms with Gasteiger partial charge in [0.1, 0.15) is 0 Å². The number of rotatable bonds is 0. The molecule has 1 N–H and O–H groups in total. The summed E-state index contributed by atoms with van der Waals surface area (Å²) in [6.45, 7) is 6.27. The van der Waals surface area contributed by atoms with Crippen LogP contribution in [0, 0.1) is 13.8 Å². The van der Waals surface area contributed by atoms with Gasteiger partial charge in [0.15, 0.2) is 0 Å². The van der Waals surface area contributed by atoms with Crippen LogP contribution in [0.1, 0.15) is 23.6 Å². The van der Waals surface area contributed by atoms with E-state index in [0.717, 1.165) is 23.1 Å². The van der Waals surface area contributed by atoms with Gasteiger partial charge >= 0.3 is 0 Å². The molecule has 0 saturated heterocycles. The summed E-state index contributed by atoms with van der Waals surface area (Å²) < 4.78 is 0. The molecule has 0 amide bonds. The molecule has 106 valence electrons. The van der Waals surface area contributed by atoms with Gasteiger partial charge in [0.2, 0.25) is 0 Å². The molecule has 0 unspecified atom stereocenters. The van der Waals surface area contributed by atoms with E-state index in [-0.39, 0.29) is 0 Å². The molecule has 0 saturated carbocycles. The van der Waals surface area contributed by atoms with Gasteiger partial charge in [-0.15, -0.1) is 0 Å². The molecule has 2 aromatic carbocycles. The Balaban J connectivity index is 0.000000126. The quantitative estimate of drug-likeness (QED) is 0.645. The van der Waals surface area contributed by atoms with Gasteiger partial charge in [0, 0.05) is 12.1 Å². The van der Waals surface area contributed by atoms with Crippen LogP contribution in [0.25, 0.3) is 11.0 Å². The molecule has 21 heavy (non-hydrogen) atoms. The average Bonchev–Trinajstić information content (AvgIpc) is 3.03. The Labute approximate surface area is 124 Å². The SMILES string of the molecule is CC1=Nc2ccc(C)cc2C1.Cc1ccc2nc[nH]c2c1. The van der Waals surface area contributed by atoms with E-state index in [2.05, 4.69) is 66.1 Å². The summed E-state index contributed by atoms with van der Waals surface area (Å²) in [5.41, 5.74) is 8.50. The lowest BCUT2D eigenvalue weighted by Gasteiger charge is -1.96. The van der Waals surface area contributed by atoms with E-state index in [4.69, 9.17) is 0 Å². The maximum absolute atomic E-state index is 4.41. The van der Waals surface area contributed by atoms with Crippen molar-refractivity contribution >= 4 is 22.4 Å². The van der Waals surface area contributed by atoms with Crippen LogP contribution >= 0.6 is 0 Å². The first-order valence-electron chi connectivity index (χ1n) is 7.15. The average molecular weight is 277 g/mol. The highest BCUT2D eigenvalue weighted by Gasteiger charge is 2.09. The van der Waals surface area contributed by atoms with Crippen molar-refractivity contribution < 1.29 is 0 Å². The molecule has 0 radical (unpaired) electrons. The van der Waals surface area contributed by atoms with E-state index in [1.165, 1.54) is 22.4 Å². The number of H-pyrrole nitrogens is 1. The molecule has 0 aliphatic carbocycles. The monoisotopic (exact) mass is 277 g/mol. The number of aromatic amines is 1. The zero-order chi connectivity index (χ0) is 14.8. The third-order valence-electron chi connectivity index (χ3n) is 3.57. The number of imidazole rings is 1. The number of hydrogen-bond donors (Lipinski definition) is 1. The smallest absolute Gasteiger partial charge is 0.0931 e. The molecule has 0 atom stereocenters. The molecule has 4 rings (SSSR count). The minimum Gasteiger partial charge on any atom is -0.345 e. The maximum atomic E-state index is 4.41. The summed E-state index contributed by atoms with van der Waals surface area (Å²) in [6, 6.07) is 12.6. The predicted molar refractivity (Wildman–Crippen MR) is 88.5 cm³/mol. The van der Waals surface area contributed by atoms with Crippen LogP contribution in [0.15, 0.2) is 47.7 Å². The standard InChI is InChI=1S/C10H11N.C8H8N2/c1-7-3-4-10-9(5-7)6-8(2)11-10;1-6-2-3-7-8(4-6)10-5-9-7/h3-5H,6H2,1-2H3;2-5H,1H3,(H,9,10). The summed E-state index contributed by atoms with van der Waals surface area (Å²) in [5.74, 6) is 0. The number of nitrogens with one attached hydrogen (secondary N) is 1. The van der Waals surface area contributed by atoms with Gasteiger partial charge in [0.05, 0.1) is 23.0 Å². The molecule has 1 aliphatic heterocycles. The van der Waals surface area contributed by atoms with Crippen molar-refractivity contribution in [2.75, 3.05) is 0 Å². The van der Waals surface area contributed by atoms with Gasteiger partial charge in [-0.3, -0.25) is 4.99 Å². The largest absolute Gasteiger partial charge is 0.345 e. The number of nitrogens with zero attached hydrogens (tertiary/aromatic N) is 2. The zero-order valence-electron chi connectivity index (χ0n) is 12.6. The first-order valence-corrected chi connectivity index (χ1v) is 7.15. The molecule has 2 heterocycles. The number of aliphatic imine (C=N–C) groups is 1. The van der Waals surface area contributed by atoms with Crippen LogP contribution in [0.2, 0.25) is 0 Å². The minimum atomic E-state index is 1.03. The number of aryl methyl sites for hydroxylation is 2. The topological polar surface area (TPSA) is 41.0 Å². The van der Waals surface area contributed by atoms with Crippen molar-refractivity contribution in [1.29, 1.82) is 0 Å². The van der Waals surface area contributed by atoms with Gasteiger partial charge in [-0.1, -0.05) is 23.8 Å². The highest BCUT2D eigenvalue weighted by atomic mass is 14.9. The zero-order valence-corrected chi connectivity index (χ0v) is 12.6. The Morgan fingerprint density at radius 1 is 0.952 bits per heavy atom. The summed E-state index contributed by atoms with van der Waals surface area (Å²) in [5, 5.41) is 0. The Morgan fingerprint density at radius 3 is 2.57 bits per heavy atom. The fourth-order valence-electron chi connectivity index (χ4n) is 2.54. The molecule has 0 fully saturated rings. The molecular weight excluding hydrogens is 258 g/mol. The number of aromatic nitrogens is 2. The molecule has 1 aromatic heterocycles. The van der Waals surface area contributed by atoms with Gasteiger partial charge < -0.3 is 4.98 Å². The second-order valence-corrected chi connectivity index (χ2v) is 5.58. The molecular formula is C18H19N3. The molecule has 3 heteroatoms. The fourth-order valence-corrected chi connectivity index (χ4v) is 2.54. The lowest BCUT2D eigenvalue weighted by atomic mass is 10.1. The van der Waals surface area contributed by atoms with Gasteiger partial charge in [-0.2, -0.15) is 0 Å². The molecule has 3 nitrogen and oxygen atoms in total. The summed E-state index contributed by atoms with van der Waals surface area (Å²) in [7, 11) is 0. The number of fused-ring (bicyclic) bond motifs is 2. The molecule has 1 aliphatic rings. The van der Waals surface area contributed by atoms with Crippen LogP contribution < -0.4 is 0 Å². The van der Waals surface area contributed by atoms with Crippen molar-refractivity contribution in [2.24, 2.45) is 4.99 Å². The number of benzene rings is 2. The van der Waals surface area contributed by atoms with Crippen molar-refractivity contribution in [1.82, 2.24) is 9.97 Å². The molecule has 0 spiro atoms. The third-order valence-corrected chi connectivity index (χ3v) is 3.57. The van der Waals surface area contributed by atoms with Gasteiger partial charge in [-0.05, 0) is 50.1 Å². The highest BCUT2D eigenvalue weighted by molar-refractivity contribution is 5.92. The van der Waals surface area contributed by atoms with Crippen molar-refractivity contribution in [3.63, 3.8) is 0 Å². The maximum Gasteiger partial charge on any atom is 0.0931 e.